The molecular formula is C14H11FN4O. The number of hydrogen-bond donors (Lipinski definition) is 3. The van der Waals surface area contributed by atoms with Gasteiger partial charge in [-0.15, -0.1) is 0 Å². The Morgan fingerprint density at radius 2 is 1.90 bits per heavy atom. The van der Waals surface area contributed by atoms with Gasteiger partial charge in [-0.25, -0.2) is 4.39 Å². The van der Waals surface area contributed by atoms with E-state index >= 15 is 0 Å². The highest BCUT2D eigenvalue weighted by atomic mass is 19.1. The Labute approximate surface area is 114 Å². The molecule has 0 aromatic heterocycles. The molecule has 0 saturated carbocycles. The molecule has 0 unspecified atom stereocenters. The number of nitrogens with zero attached hydrogens (tertiary/aromatic N) is 1. The third-order valence-corrected chi connectivity index (χ3v) is 2.67. The number of rotatable bonds is 3. The summed E-state index contributed by atoms with van der Waals surface area (Å²) in [5.41, 5.74) is 3.18. The van der Waals surface area contributed by atoms with Crippen molar-refractivity contribution in [2.24, 2.45) is 5.84 Å². The minimum Gasteiger partial charge on any atom is -0.322 e. The highest BCUT2D eigenvalue weighted by Crippen LogP contribution is 2.20. The van der Waals surface area contributed by atoms with E-state index in [9.17, 15) is 9.18 Å². The lowest BCUT2D eigenvalue weighted by molar-refractivity contribution is 0.102. The molecule has 2 aromatic rings. The van der Waals surface area contributed by atoms with Gasteiger partial charge in [-0.3, -0.25) is 10.6 Å². The summed E-state index contributed by atoms with van der Waals surface area (Å²) in [5.74, 6) is 4.11. The Bertz CT molecular complexity index is 677. The lowest BCUT2D eigenvalue weighted by Crippen LogP contribution is -2.18. The van der Waals surface area contributed by atoms with Crippen LogP contribution in [0.25, 0.3) is 0 Å². The van der Waals surface area contributed by atoms with E-state index in [1.165, 1.54) is 18.2 Å². The summed E-state index contributed by atoms with van der Waals surface area (Å²) < 4.78 is 13.5. The second-order valence-electron chi connectivity index (χ2n) is 3.95. The molecule has 4 N–H and O–H groups in total. The molecule has 0 spiro atoms. The van der Waals surface area contributed by atoms with Crippen molar-refractivity contribution in [1.82, 2.24) is 0 Å². The van der Waals surface area contributed by atoms with Gasteiger partial charge in [-0.05, 0) is 36.4 Å². The molecule has 5 nitrogen and oxygen atoms in total. The molecule has 0 aliphatic heterocycles. The van der Waals surface area contributed by atoms with Crippen LogP contribution in [0.1, 0.15) is 15.9 Å². The number of hydrazine groups is 1. The van der Waals surface area contributed by atoms with E-state index in [2.05, 4.69) is 10.7 Å². The van der Waals surface area contributed by atoms with Crippen molar-refractivity contribution in [1.29, 1.82) is 5.26 Å². The topological polar surface area (TPSA) is 90.9 Å². The van der Waals surface area contributed by atoms with Crippen LogP contribution in [0.4, 0.5) is 15.8 Å². The summed E-state index contributed by atoms with van der Waals surface area (Å²) in [7, 11) is 0. The first-order chi connectivity index (χ1) is 9.65. The number of halogens is 1. The minimum absolute atomic E-state index is 0.0707. The molecule has 2 aromatic carbocycles. The van der Waals surface area contributed by atoms with E-state index in [1.54, 1.807) is 24.3 Å². The molecule has 0 aliphatic rings. The Hall–Kier alpha value is -2.91. The zero-order valence-electron chi connectivity index (χ0n) is 10.4. The lowest BCUT2D eigenvalue weighted by Gasteiger charge is -2.10. The molecule has 0 atom stereocenters. The highest BCUT2D eigenvalue weighted by Gasteiger charge is 2.14. The first-order valence-corrected chi connectivity index (χ1v) is 5.72. The van der Waals surface area contributed by atoms with Gasteiger partial charge in [0.1, 0.15) is 5.82 Å². The summed E-state index contributed by atoms with van der Waals surface area (Å²) in [4.78, 5) is 12.1. The number of carbonyl (C=O) groups is 1. The summed E-state index contributed by atoms with van der Waals surface area (Å²) >= 11 is 0. The Balaban J connectivity index is 2.24. The quantitative estimate of drug-likeness (QED) is 0.589. The molecule has 0 bridgehead atoms. The second kappa shape index (κ2) is 5.82. The number of carbonyl (C=O) groups excluding carboxylic acids is 1. The number of nitrogens with two attached hydrogens (primary N) is 1. The van der Waals surface area contributed by atoms with Gasteiger partial charge in [0.2, 0.25) is 0 Å². The van der Waals surface area contributed by atoms with Gasteiger partial charge in [-0.1, -0.05) is 6.07 Å². The lowest BCUT2D eigenvalue weighted by atomic mass is 10.1. The van der Waals surface area contributed by atoms with E-state index in [1.807, 2.05) is 6.07 Å². The van der Waals surface area contributed by atoms with E-state index < -0.39 is 11.7 Å². The third kappa shape index (κ3) is 2.74. The summed E-state index contributed by atoms with van der Waals surface area (Å²) in [6.07, 6.45) is 0. The van der Waals surface area contributed by atoms with Gasteiger partial charge in [0.05, 0.1) is 22.9 Å². The predicted molar refractivity (Wildman–Crippen MR) is 73.3 cm³/mol. The first-order valence-electron chi connectivity index (χ1n) is 5.72. The maximum Gasteiger partial charge on any atom is 0.257 e. The predicted octanol–water partition coefficient (Wildman–Crippen LogP) is 2.24. The third-order valence-electron chi connectivity index (χ3n) is 2.67. The number of nitrogen functional groups attached to an aromatic ring is 1. The van der Waals surface area contributed by atoms with E-state index in [-0.39, 0.29) is 11.3 Å². The van der Waals surface area contributed by atoms with E-state index in [0.29, 0.717) is 11.3 Å². The normalized spacial score (nSPS) is 9.65. The number of nitrogens with one attached hydrogen (secondary N) is 2. The highest BCUT2D eigenvalue weighted by molar-refractivity contribution is 6.08. The fraction of sp³-hybridized carbons (Fsp3) is 0. The van der Waals surface area contributed by atoms with E-state index in [4.69, 9.17) is 11.1 Å². The fourth-order valence-electron chi connectivity index (χ4n) is 1.69. The van der Waals surface area contributed by atoms with Gasteiger partial charge < -0.3 is 10.7 Å². The molecule has 0 heterocycles. The SMILES string of the molecule is N#Cc1ccc(NC(=O)c2cccc(F)c2NN)cc1. The number of hydrogen-bond acceptors (Lipinski definition) is 4. The zero-order chi connectivity index (χ0) is 14.5. The Morgan fingerprint density at radius 3 is 2.50 bits per heavy atom. The smallest absolute Gasteiger partial charge is 0.257 e. The Morgan fingerprint density at radius 1 is 1.20 bits per heavy atom. The summed E-state index contributed by atoms with van der Waals surface area (Å²) in [5, 5.41) is 11.3. The fourth-order valence-corrected chi connectivity index (χ4v) is 1.69. The molecule has 1 amide bonds. The monoisotopic (exact) mass is 270 g/mol. The van der Waals surface area contributed by atoms with Crippen LogP contribution in [0.15, 0.2) is 42.5 Å². The number of para-hydroxylation sites is 1. The van der Waals surface area contributed by atoms with Crippen molar-refractivity contribution in [2.45, 2.75) is 0 Å². The van der Waals surface area contributed by atoms with Crippen molar-refractivity contribution in [3.05, 3.63) is 59.4 Å². The van der Waals surface area contributed by atoms with Crippen molar-refractivity contribution >= 4 is 17.3 Å². The Kier molecular flexibility index (Phi) is 3.93. The molecule has 0 radical (unpaired) electrons. The van der Waals surface area contributed by atoms with Gasteiger partial charge >= 0.3 is 0 Å². The van der Waals surface area contributed by atoms with Gasteiger partial charge in [0.15, 0.2) is 0 Å². The van der Waals surface area contributed by atoms with Gasteiger partial charge in [-0.2, -0.15) is 5.26 Å². The van der Waals surface area contributed by atoms with E-state index in [0.717, 1.165) is 0 Å². The van der Waals surface area contributed by atoms with Gasteiger partial charge in [0.25, 0.3) is 5.91 Å². The maximum atomic E-state index is 13.5. The van der Waals surface area contributed by atoms with Crippen LogP contribution in [0.2, 0.25) is 0 Å². The average molecular weight is 270 g/mol. The van der Waals surface area contributed by atoms with Crippen molar-refractivity contribution in [3.63, 3.8) is 0 Å². The van der Waals surface area contributed by atoms with Crippen LogP contribution >= 0.6 is 0 Å². The van der Waals surface area contributed by atoms with Crippen LogP contribution < -0.4 is 16.6 Å². The number of amides is 1. The van der Waals surface area contributed by atoms with Crippen LogP contribution in [0.5, 0.6) is 0 Å². The number of nitriles is 1. The second-order valence-corrected chi connectivity index (χ2v) is 3.95. The van der Waals surface area contributed by atoms with Crippen molar-refractivity contribution in [3.8, 4) is 6.07 Å². The molecule has 100 valence electrons. The standard InChI is InChI=1S/C14H11FN4O/c15-12-3-1-2-11(13(12)19-17)14(20)18-10-6-4-9(8-16)5-7-10/h1-7,19H,17H2,(H,18,20). The van der Waals surface area contributed by atoms with Crippen LogP contribution in [-0.4, -0.2) is 5.91 Å². The minimum atomic E-state index is -0.611. The molecule has 20 heavy (non-hydrogen) atoms. The molecular weight excluding hydrogens is 259 g/mol. The maximum absolute atomic E-state index is 13.5. The molecule has 0 fully saturated rings. The molecule has 0 saturated heterocycles. The zero-order valence-corrected chi connectivity index (χ0v) is 10.4. The van der Waals surface area contributed by atoms with Crippen LogP contribution in [-0.2, 0) is 0 Å². The van der Waals surface area contributed by atoms with Gasteiger partial charge in [0, 0.05) is 5.69 Å². The first kappa shape index (κ1) is 13.5. The summed E-state index contributed by atoms with van der Waals surface area (Å²) in [6, 6.07) is 12.4. The molecule has 0 aliphatic carbocycles. The average Bonchev–Trinajstić information content (AvgIpc) is 2.47. The molecule has 2 rings (SSSR count). The van der Waals surface area contributed by atoms with Crippen molar-refractivity contribution < 1.29 is 9.18 Å². The summed E-state index contributed by atoms with van der Waals surface area (Å²) in [6.45, 7) is 0. The number of benzene rings is 2. The van der Waals surface area contributed by atoms with Crippen molar-refractivity contribution in [2.75, 3.05) is 10.7 Å². The van der Waals surface area contributed by atoms with Crippen LogP contribution in [0, 0.1) is 17.1 Å². The number of anilines is 2. The van der Waals surface area contributed by atoms with Crippen LogP contribution in [0.3, 0.4) is 0 Å². The largest absolute Gasteiger partial charge is 0.322 e. The molecule has 6 heteroatoms.